The molecule has 0 aliphatic carbocycles. The van der Waals surface area contributed by atoms with Gasteiger partial charge in [0.05, 0.1) is 0 Å². The molecule has 0 amide bonds. The van der Waals surface area contributed by atoms with E-state index in [1.807, 2.05) is 0 Å². The molecule has 0 saturated carbocycles. The fourth-order valence-corrected chi connectivity index (χ4v) is 1.35. The molecule has 0 unspecified atom stereocenters. The smallest absolute Gasteiger partial charge is 0.347 e. The molecule has 2 aromatic rings. The van der Waals surface area contributed by atoms with Gasteiger partial charge in [0.1, 0.15) is 17.1 Å². The van der Waals surface area contributed by atoms with Crippen molar-refractivity contribution in [1.82, 2.24) is 4.98 Å². The molecule has 0 radical (unpaired) electrons. The average Bonchev–Trinajstić information content (AvgIpc) is 2.68. The first-order valence-electron chi connectivity index (χ1n) is 4.57. The van der Waals surface area contributed by atoms with Crippen LogP contribution in [0.5, 0.6) is 5.75 Å². The summed E-state index contributed by atoms with van der Waals surface area (Å²) in [6.07, 6.45) is 1.58. The number of esters is 1. The Hall–Kier alpha value is -1.94. The van der Waals surface area contributed by atoms with Crippen LogP contribution in [0.3, 0.4) is 0 Å². The van der Waals surface area contributed by atoms with Gasteiger partial charge in [-0.3, -0.25) is 0 Å². The van der Waals surface area contributed by atoms with Crippen LogP contribution in [0, 0.1) is 0 Å². The van der Waals surface area contributed by atoms with Crippen LogP contribution in [-0.4, -0.2) is 11.0 Å². The zero-order valence-electron chi connectivity index (χ0n) is 8.24. The predicted octanol–water partition coefficient (Wildman–Crippen LogP) is 2.47. The lowest BCUT2D eigenvalue weighted by Gasteiger charge is -2.03. The number of nitrogens with one attached hydrogen (secondary N) is 1. The molecule has 0 atom stereocenters. The number of benzene rings is 1. The number of hydrogen-bond donors (Lipinski definition) is 2. The van der Waals surface area contributed by atoms with Crippen molar-refractivity contribution in [3.8, 4) is 5.75 Å². The quantitative estimate of drug-likeness (QED) is 0.622. The van der Waals surface area contributed by atoms with Crippen molar-refractivity contribution in [2.45, 2.75) is 0 Å². The zero-order chi connectivity index (χ0) is 11.5. The summed E-state index contributed by atoms with van der Waals surface area (Å²) >= 11 is 5.71. The molecule has 0 aliphatic rings. The van der Waals surface area contributed by atoms with Crippen molar-refractivity contribution in [1.29, 1.82) is 0 Å². The number of anilines is 1. The van der Waals surface area contributed by atoms with Crippen LogP contribution in [-0.2, 0) is 0 Å². The highest BCUT2D eigenvalue weighted by Gasteiger charge is 2.12. The number of aromatic amines is 1. The number of halogens is 1. The molecule has 0 aliphatic heterocycles. The van der Waals surface area contributed by atoms with Crippen LogP contribution in [0.2, 0.25) is 5.02 Å². The van der Waals surface area contributed by atoms with E-state index in [-0.39, 0.29) is 0 Å². The minimum Gasteiger partial charge on any atom is -0.423 e. The van der Waals surface area contributed by atoms with Gasteiger partial charge in [-0.25, -0.2) is 4.79 Å². The van der Waals surface area contributed by atoms with Crippen LogP contribution >= 0.6 is 11.6 Å². The summed E-state index contributed by atoms with van der Waals surface area (Å²) in [5, 5.41) is 0.584. The summed E-state index contributed by atoms with van der Waals surface area (Å²) in [6, 6.07) is 8.08. The second-order valence-corrected chi connectivity index (χ2v) is 3.58. The third kappa shape index (κ3) is 2.17. The molecule has 1 aromatic heterocycles. The predicted molar refractivity (Wildman–Crippen MR) is 61.6 cm³/mol. The summed E-state index contributed by atoms with van der Waals surface area (Å²) < 4.78 is 5.10. The van der Waals surface area contributed by atoms with Crippen molar-refractivity contribution < 1.29 is 9.53 Å². The van der Waals surface area contributed by atoms with E-state index in [1.54, 1.807) is 36.5 Å². The largest absolute Gasteiger partial charge is 0.423 e. The lowest BCUT2D eigenvalue weighted by atomic mass is 10.3. The SMILES string of the molecule is Nc1[nH]ccc1C(=O)Oc1ccc(Cl)cc1. The Labute approximate surface area is 97.0 Å². The Kier molecular flexibility index (Phi) is 2.83. The van der Waals surface area contributed by atoms with Crippen molar-refractivity contribution in [2.75, 3.05) is 5.73 Å². The maximum atomic E-state index is 11.6. The van der Waals surface area contributed by atoms with Gasteiger partial charge in [-0.15, -0.1) is 0 Å². The number of aromatic nitrogens is 1. The number of rotatable bonds is 2. The molecule has 0 fully saturated rings. The number of nitrogen functional groups attached to an aromatic ring is 1. The Morgan fingerprint density at radius 2 is 1.94 bits per heavy atom. The van der Waals surface area contributed by atoms with E-state index in [9.17, 15) is 4.79 Å². The molecule has 2 rings (SSSR count). The summed E-state index contributed by atoms with van der Waals surface area (Å²) in [7, 11) is 0. The van der Waals surface area contributed by atoms with E-state index < -0.39 is 5.97 Å². The van der Waals surface area contributed by atoms with E-state index in [1.165, 1.54) is 0 Å². The molecule has 82 valence electrons. The monoisotopic (exact) mass is 236 g/mol. The Bertz CT molecular complexity index is 505. The van der Waals surface area contributed by atoms with E-state index in [2.05, 4.69) is 4.98 Å². The van der Waals surface area contributed by atoms with Crippen molar-refractivity contribution >= 4 is 23.4 Å². The topological polar surface area (TPSA) is 68.1 Å². The van der Waals surface area contributed by atoms with Gasteiger partial charge in [0.25, 0.3) is 0 Å². The summed E-state index contributed by atoms with van der Waals surface area (Å²) in [5.74, 6) is 0.218. The van der Waals surface area contributed by atoms with Gasteiger partial charge in [-0.2, -0.15) is 0 Å². The molecule has 0 saturated heterocycles. The maximum absolute atomic E-state index is 11.6. The van der Waals surface area contributed by atoms with Gasteiger partial charge < -0.3 is 15.5 Å². The third-order valence-corrected chi connectivity index (χ3v) is 2.28. The fourth-order valence-electron chi connectivity index (χ4n) is 1.22. The van der Waals surface area contributed by atoms with E-state index in [0.29, 0.717) is 22.2 Å². The first-order valence-corrected chi connectivity index (χ1v) is 4.95. The molecule has 16 heavy (non-hydrogen) atoms. The summed E-state index contributed by atoms with van der Waals surface area (Å²) in [5.41, 5.74) is 5.86. The maximum Gasteiger partial charge on any atom is 0.347 e. The second-order valence-electron chi connectivity index (χ2n) is 3.15. The number of H-pyrrole nitrogens is 1. The Morgan fingerprint density at radius 1 is 1.25 bits per heavy atom. The lowest BCUT2D eigenvalue weighted by Crippen LogP contribution is -2.09. The van der Waals surface area contributed by atoms with Gasteiger partial charge in [-0.1, -0.05) is 11.6 Å². The summed E-state index contributed by atoms with van der Waals surface area (Å²) in [4.78, 5) is 14.3. The molecule has 5 heteroatoms. The number of ether oxygens (including phenoxy) is 1. The lowest BCUT2D eigenvalue weighted by molar-refractivity contribution is 0.0736. The molecule has 4 nitrogen and oxygen atoms in total. The molecular weight excluding hydrogens is 228 g/mol. The Balaban J connectivity index is 2.14. The van der Waals surface area contributed by atoms with Crippen molar-refractivity contribution in [3.05, 3.63) is 47.1 Å². The second kappa shape index (κ2) is 4.28. The number of carbonyl (C=O) groups is 1. The molecule has 0 bridgehead atoms. The van der Waals surface area contributed by atoms with Gasteiger partial charge in [-0.05, 0) is 30.3 Å². The van der Waals surface area contributed by atoms with E-state index in [0.717, 1.165) is 0 Å². The Morgan fingerprint density at radius 3 is 2.50 bits per heavy atom. The number of hydrogen-bond acceptors (Lipinski definition) is 3. The van der Waals surface area contributed by atoms with Crippen LogP contribution in [0.4, 0.5) is 5.82 Å². The third-order valence-electron chi connectivity index (χ3n) is 2.02. The minimum atomic E-state index is -0.499. The number of carbonyl (C=O) groups excluding carboxylic acids is 1. The van der Waals surface area contributed by atoms with E-state index >= 15 is 0 Å². The highest BCUT2D eigenvalue weighted by Crippen LogP contribution is 2.18. The standard InChI is InChI=1S/C11H9ClN2O2/c12-7-1-3-8(4-2-7)16-11(15)9-5-6-14-10(9)13/h1-6,14H,13H2. The average molecular weight is 237 g/mol. The molecule has 1 aromatic carbocycles. The van der Waals surface area contributed by atoms with Crippen LogP contribution in [0.25, 0.3) is 0 Å². The van der Waals surface area contributed by atoms with Crippen molar-refractivity contribution in [3.63, 3.8) is 0 Å². The zero-order valence-corrected chi connectivity index (χ0v) is 8.99. The van der Waals surface area contributed by atoms with Gasteiger partial charge in [0.2, 0.25) is 0 Å². The highest BCUT2D eigenvalue weighted by atomic mass is 35.5. The van der Waals surface area contributed by atoms with Gasteiger partial charge in [0.15, 0.2) is 0 Å². The van der Waals surface area contributed by atoms with Crippen LogP contribution < -0.4 is 10.5 Å². The van der Waals surface area contributed by atoms with Crippen LogP contribution in [0.15, 0.2) is 36.5 Å². The normalized spacial score (nSPS) is 10.1. The molecule has 3 N–H and O–H groups in total. The highest BCUT2D eigenvalue weighted by molar-refractivity contribution is 6.30. The molecular formula is C11H9ClN2O2. The molecule has 0 spiro atoms. The van der Waals surface area contributed by atoms with Gasteiger partial charge >= 0.3 is 5.97 Å². The van der Waals surface area contributed by atoms with Crippen LogP contribution in [0.1, 0.15) is 10.4 Å². The number of nitrogens with two attached hydrogens (primary N) is 1. The minimum absolute atomic E-state index is 0.291. The first kappa shape index (κ1) is 10.6. The van der Waals surface area contributed by atoms with Gasteiger partial charge in [0, 0.05) is 11.2 Å². The summed E-state index contributed by atoms with van der Waals surface area (Å²) in [6.45, 7) is 0. The van der Waals surface area contributed by atoms with E-state index in [4.69, 9.17) is 22.1 Å². The first-order chi connectivity index (χ1) is 7.66. The molecule has 1 heterocycles. The fraction of sp³-hybridized carbons (Fsp3) is 0. The van der Waals surface area contributed by atoms with Crippen molar-refractivity contribution in [2.24, 2.45) is 0 Å².